The van der Waals surface area contributed by atoms with Gasteiger partial charge in [-0.25, -0.2) is 14.8 Å². The Morgan fingerprint density at radius 3 is 2.00 bits per heavy atom. The Morgan fingerprint density at radius 2 is 1.42 bits per heavy atom. The Balaban J connectivity index is 1.92. The number of hydrogen-bond acceptors (Lipinski definition) is 2. The van der Waals surface area contributed by atoms with E-state index in [0.717, 1.165) is 11.1 Å². The van der Waals surface area contributed by atoms with Crippen molar-refractivity contribution >= 4 is 11.9 Å². The lowest BCUT2D eigenvalue weighted by atomic mass is 10.0. The molecule has 1 radical (unpaired) electrons. The minimum absolute atomic E-state index is 0.0270. The molecule has 0 spiro atoms. The first-order valence-corrected chi connectivity index (χ1v) is 8.97. The van der Waals surface area contributed by atoms with Crippen molar-refractivity contribution < 1.29 is 4.79 Å². The summed E-state index contributed by atoms with van der Waals surface area (Å²) in [7, 11) is 0. The molecule has 0 unspecified atom stereocenters. The van der Waals surface area contributed by atoms with Crippen LogP contribution in [0.1, 0.15) is 38.8 Å². The van der Waals surface area contributed by atoms with Gasteiger partial charge in [-0.2, -0.15) is 0 Å². The van der Waals surface area contributed by atoms with Crippen LogP contribution in [0.4, 0.5) is 4.79 Å². The fraction of sp³-hybridized carbons (Fsp3) is 0.333. The molecule has 0 saturated heterocycles. The molecule has 135 valence electrons. The standard InChI is InChI=1S/C21H25N4O/c1-14(2)24-21(26)25(15(3)4)23-20(22-24)18-11-9-17(10-12-18)19-8-6-7-16(5)13-19/h6-15H,1-5H3. The van der Waals surface area contributed by atoms with Crippen molar-refractivity contribution in [2.75, 3.05) is 0 Å². The largest absolute Gasteiger partial charge is 0.361 e. The lowest BCUT2D eigenvalue weighted by Crippen LogP contribution is -2.56. The van der Waals surface area contributed by atoms with E-state index in [1.165, 1.54) is 21.1 Å². The molecule has 1 heterocycles. The van der Waals surface area contributed by atoms with Crippen molar-refractivity contribution in [2.45, 2.75) is 46.7 Å². The number of rotatable bonds is 4. The van der Waals surface area contributed by atoms with Crippen molar-refractivity contribution in [2.24, 2.45) is 5.10 Å². The Labute approximate surface area is 155 Å². The highest BCUT2D eigenvalue weighted by atomic mass is 16.2. The van der Waals surface area contributed by atoms with Crippen molar-refractivity contribution in [3.8, 4) is 11.1 Å². The number of hydrazone groups is 1. The summed E-state index contributed by atoms with van der Waals surface area (Å²) in [5.41, 5.74) is 8.93. The average molecular weight is 349 g/mol. The van der Waals surface area contributed by atoms with Gasteiger partial charge < -0.3 is 0 Å². The third kappa shape index (κ3) is 3.57. The molecule has 0 aromatic heterocycles. The third-order valence-corrected chi connectivity index (χ3v) is 4.27. The number of amidine groups is 1. The molecule has 0 bridgehead atoms. The average Bonchev–Trinajstić information content (AvgIpc) is 2.61. The van der Waals surface area contributed by atoms with Gasteiger partial charge in [0.2, 0.25) is 0 Å². The maximum Gasteiger partial charge on any atom is 0.361 e. The number of urea groups is 1. The lowest BCUT2D eigenvalue weighted by Gasteiger charge is -2.35. The van der Waals surface area contributed by atoms with Gasteiger partial charge in [0.1, 0.15) is 0 Å². The molecule has 2 aromatic rings. The molecule has 0 aliphatic carbocycles. The molecule has 2 aromatic carbocycles. The number of benzene rings is 2. The van der Waals surface area contributed by atoms with Crippen LogP contribution in [0.25, 0.3) is 11.1 Å². The molecule has 1 aliphatic rings. The number of hydrogen-bond donors (Lipinski definition) is 0. The summed E-state index contributed by atoms with van der Waals surface area (Å²) >= 11 is 0. The summed E-state index contributed by atoms with van der Waals surface area (Å²) in [4.78, 5) is 12.5. The van der Waals surface area contributed by atoms with Crippen LogP contribution in [0, 0.1) is 6.92 Å². The second-order valence-corrected chi connectivity index (χ2v) is 7.13. The fourth-order valence-corrected chi connectivity index (χ4v) is 2.84. The molecule has 5 nitrogen and oxygen atoms in total. The maximum atomic E-state index is 12.5. The third-order valence-electron chi connectivity index (χ3n) is 4.27. The van der Waals surface area contributed by atoms with E-state index in [1.807, 2.05) is 39.8 Å². The zero-order valence-electron chi connectivity index (χ0n) is 16.0. The smallest absolute Gasteiger partial charge is 0.244 e. The minimum atomic E-state index is -0.185. The summed E-state index contributed by atoms with van der Waals surface area (Å²) in [6.45, 7) is 9.88. The van der Waals surface area contributed by atoms with Gasteiger partial charge in [0.15, 0.2) is 5.84 Å². The Bertz CT molecular complexity index is 824. The number of aryl methyl sites for hydroxylation is 1. The van der Waals surface area contributed by atoms with Crippen LogP contribution >= 0.6 is 0 Å². The first-order valence-electron chi connectivity index (χ1n) is 8.97. The van der Waals surface area contributed by atoms with Gasteiger partial charge in [-0.15, -0.1) is 10.5 Å². The number of amides is 2. The lowest BCUT2D eigenvalue weighted by molar-refractivity contribution is 0.104. The predicted octanol–water partition coefficient (Wildman–Crippen LogP) is 4.40. The molecular formula is C21H25N4O. The van der Waals surface area contributed by atoms with Gasteiger partial charge in [-0.1, -0.05) is 54.1 Å². The maximum absolute atomic E-state index is 12.5. The van der Waals surface area contributed by atoms with Crippen LogP contribution in [-0.4, -0.2) is 34.0 Å². The van der Waals surface area contributed by atoms with E-state index in [-0.39, 0.29) is 18.1 Å². The summed E-state index contributed by atoms with van der Waals surface area (Å²) in [6, 6.07) is 16.3. The quantitative estimate of drug-likeness (QED) is 0.807. The van der Waals surface area contributed by atoms with Gasteiger partial charge >= 0.3 is 6.03 Å². The van der Waals surface area contributed by atoms with Gasteiger partial charge in [0.25, 0.3) is 0 Å². The van der Waals surface area contributed by atoms with E-state index in [0.29, 0.717) is 5.84 Å². The fourth-order valence-electron chi connectivity index (χ4n) is 2.84. The monoisotopic (exact) mass is 349 g/mol. The Kier molecular flexibility index (Phi) is 4.98. The van der Waals surface area contributed by atoms with E-state index in [2.05, 4.69) is 53.8 Å². The summed E-state index contributed by atoms with van der Waals surface area (Å²) in [6.07, 6.45) is 0. The summed E-state index contributed by atoms with van der Waals surface area (Å²) in [5, 5.41) is 7.47. The topological polar surface area (TPSA) is 50.0 Å². The van der Waals surface area contributed by atoms with Crippen LogP contribution in [0.3, 0.4) is 0 Å². The van der Waals surface area contributed by atoms with Crippen molar-refractivity contribution in [1.29, 1.82) is 0 Å². The molecule has 0 fully saturated rings. The molecule has 0 atom stereocenters. The van der Waals surface area contributed by atoms with Crippen LogP contribution < -0.4 is 5.43 Å². The van der Waals surface area contributed by atoms with Crippen LogP contribution in [0.5, 0.6) is 0 Å². The van der Waals surface area contributed by atoms with Gasteiger partial charge in [0, 0.05) is 5.56 Å². The Hall–Kier alpha value is -2.82. The van der Waals surface area contributed by atoms with Crippen molar-refractivity contribution in [3.05, 3.63) is 59.7 Å². The van der Waals surface area contributed by atoms with Crippen LogP contribution in [0.15, 0.2) is 53.6 Å². The van der Waals surface area contributed by atoms with E-state index in [9.17, 15) is 4.79 Å². The SMILES string of the molecule is Cc1cccc(-c2ccc(C3=NN(C(C)C)C(=O)N(C(C)C)[N]3)cc2)c1. The number of carbonyl (C=O) groups excluding carboxylic acids is 1. The van der Waals surface area contributed by atoms with Crippen LogP contribution in [-0.2, 0) is 0 Å². The second-order valence-electron chi connectivity index (χ2n) is 7.13. The van der Waals surface area contributed by atoms with Gasteiger partial charge in [-0.05, 0) is 45.7 Å². The van der Waals surface area contributed by atoms with Crippen LogP contribution in [0.2, 0.25) is 0 Å². The first-order chi connectivity index (χ1) is 12.4. The molecule has 5 heteroatoms. The highest BCUT2D eigenvalue weighted by molar-refractivity contribution is 6.01. The molecule has 3 rings (SSSR count). The molecule has 26 heavy (non-hydrogen) atoms. The number of nitrogens with zero attached hydrogens (tertiary/aromatic N) is 4. The zero-order valence-corrected chi connectivity index (χ0v) is 16.0. The zero-order chi connectivity index (χ0) is 18.8. The molecular weight excluding hydrogens is 324 g/mol. The van der Waals surface area contributed by atoms with Crippen molar-refractivity contribution in [3.63, 3.8) is 0 Å². The van der Waals surface area contributed by atoms with Gasteiger partial charge in [0.05, 0.1) is 12.1 Å². The Morgan fingerprint density at radius 1 is 0.808 bits per heavy atom. The first kappa shape index (κ1) is 18.0. The van der Waals surface area contributed by atoms with E-state index < -0.39 is 0 Å². The highest BCUT2D eigenvalue weighted by Crippen LogP contribution is 2.22. The second kappa shape index (κ2) is 7.20. The van der Waals surface area contributed by atoms with E-state index >= 15 is 0 Å². The van der Waals surface area contributed by atoms with E-state index in [1.54, 1.807) is 0 Å². The molecule has 0 saturated carbocycles. The highest BCUT2D eigenvalue weighted by Gasteiger charge is 2.33. The predicted molar refractivity (Wildman–Crippen MR) is 105 cm³/mol. The number of carbonyl (C=O) groups is 1. The van der Waals surface area contributed by atoms with E-state index in [4.69, 9.17) is 0 Å². The summed E-state index contributed by atoms with van der Waals surface area (Å²) in [5.74, 6) is 0.558. The molecule has 1 aliphatic heterocycles. The van der Waals surface area contributed by atoms with Gasteiger partial charge in [-0.3, -0.25) is 0 Å². The van der Waals surface area contributed by atoms with Crippen molar-refractivity contribution in [1.82, 2.24) is 15.4 Å². The minimum Gasteiger partial charge on any atom is -0.244 e. The normalized spacial score (nSPS) is 14.7. The molecule has 0 N–H and O–H groups in total. The molecule has 2 amide bonds. The summed E-state index contributed by atoms with van der Waals surface area (Å²) < 4.78 is 0.